The highest BCUT2D eigenvalue weighted by molar-refractivity contribution is 6.09. The van der Waals surface area contributed by atoms with Gasteiger partial charge >= 0.3 is 0 Å². The molecular weight excluding hydrogens is 356 g/mol. The number of amides is 1. The number of para-hydroxylation sites is 1. The highest BCUT2D eigenvalue weighted by Crippen LogP contribution is 2.37. The Hall–Kier alpha value is -3.46. The molecule has 1 aliphatic carbocycles. The topological polar surface area (TPSA) is 42.0 Å². The Bertz CT molecular complexity index is 1210. The van der Waals surface area contributed by atoms with Crippen LogP contribution in [0, 0.1) is 0 Å². The predicted molar refractivity (Wildman–Crippen MR) is 117 cm³/mol. The molecule has 1 N–H and O–H groups in total. The van der Waals surface area contributed by atoms with Gasteiger partial charge < -0.3 is 5.32 Å². The third-order valence-corrected chi connectivity index (χ3v) is 5.78. The van der Waals surface area contributed by atoms with Gasteiger partial charge in [-0.3, -0.25) is 4.79 Å². The molecule has 142 valence electrons. The van der Waals surface area contributed by atoms with Gasteiger partial charge in [0.2, 0.25) is 0 Å². The third kappa shape index (κ3) is 3.09. The van der Waals surface area contributed by atoms with E-state index in [2.05, 4.69) is 23.5 Å². The van der Waals surface area contributed by atoms with Crippen molar-refractivity contribution in [2.24, 2.45) is 0 Å². The summed E-state index contributed by atoms with van der Waals surface area (Å²) in [5.74, 6) is -0.0319. The van der Waals surface area contributed by atoms with Gasteiger partial charge in [0, 0.05) is 10.9 Å². The molecule has 4 aromatic rings. The fraction of sp³-hybridized carbons (Fsp3) is 0.154. The van der Waals surface area contributed by atoms with Crippen molar-refractivity contribution < 1.29 is 4.79 Å². The molecule has 0 radical (unpaired) electrons. The second-order valence-electron chi connectivity index (χ2n) is 7.59. The zero-order chi connectivity index (χ0) is 19.8. The van der Waals surface area contributed by atoms with Crippen molar-refractivity contribution in [2.45, 2.75) is 25.8 Å². The molecule has 1 unspecified atom stereocenters. The lowest BCUT2D eigenvalue weighted by atomic mass is 9.85. The quantitative estimate of drug-likeness (QED) is 0.512. The normalized spacial score (nSPS) is 13.4. The summed E-state index contributed by atoms with van der Waals surface area (Å²) in [6.07, 6.45) is 1.75. The van der Waals surface area contributed by atoms with Crippen molar-refractivity contribution in [3.63, 3.8) is 0 Å². The Kier molecular flexibility index (Phi) is 4.36. The maximum absolute atomic E-state index is 13.5. The van der Waals surface area contributed by atoms with Crippen LogP contribution in [0.5, 0.6) is 0 Å². The van der Waals surface area contributed by atoms with Crippen LogP contribution in [0.1, 0.15) is 40.0 Å². The number of hydrogen-bond donors (Lipinski definition) is 1. The number of carbonyl (C=O) groups is 1. The van der Waals surface area contributed by atoms with E-state index in [1.54, 1.807) is 0 Å². The predicted octanol–water partition coefficient (Wildman–Crippen LogP) is 5.49. The summed E-state index contributed by atoms with van der Waals surface area (Å²) in [6, 6.07) is 26.3. The molecule has 0 saturated heterocycles. The van der Waals surface area contributed by atoms with E-state index in [-0.39, 0.29) is 11.9 Å². The molecular formula is C26H22N2O. The number of nitrogens with zero attached hydrogens (tertiary/aromatic N) is 1. The molecule has 1 atom stereocenters. The lowest BCUT2D eigenvalue weighted by molar-refractivity contribution is 0.0940. The molecule has 3 heteroatoms. The van der Waals surface area contributed by atoms with Crippen LogP contribution in [0.15, 0.2) is 78.9 Å². The largest absolute Gasteiger partial charge is 0.345 e. The van der Waals surface area contributed by atoms with Gasteiger partial charge in [-0.2, -0.15) is 0 Å². The number of fused-ring (bicyclic) bond motifs is 4. The fourth-order valence-corrected chi connectivity index (χ4v) is 4.30. The summed E-state index contributed by atoms with van der Waals surface area (Å²) >= 11 is 0. The summed E-state index contributed by atoms with van der Waals surface area (Å²) in [4.78, 5) is 18.4. The number of benzene rings is 3. The Morgan fingerprint density at radius 2 is 1.62 bits per heavy atom. The summed E-state index contributed by atoms with van der Waals surface area (Å²) in [5.41, 5.74) is 7.17. The number of rotatable bonds is 3. The molecule has 1 aromatic heterocycles. The Balaban J connectivity index is 1.65. The van der Waals surface area contributed by atoms with Crippen molar-refractivity contribution in [1.29, 1.82) is 0 Å². The third-order valence-electron chi connectivity index (χ3n) is 5.78. The summed E-state index contributed by atoms with van der Waals surface area (Å²) < 4.78 is 0. The Labute approximate surface area is 170 Å². The van der Waals surface area contributed by atoms with Crippen LogP contribution in [0.2, 0.25) is 0 Å². The van der Waals surface area contributed by atoms with E-state index in [9.17, 15) is 4.79 Å². The molecule has 1 amide bonds. The highest BCUT2D eigenvalue weighted by Gasteiger charge is 2.26. The number of pyridine rings is 1. The molecule has 0 fully saturated rings. The van der Waals surface area contributed by atoms with Crippen LogP contribution in [-0.2, 0) is 12.8 Å². The standard InChI is InChI=1S/C26H22N2O/c1-17(18-9-3-2-4-10-18)27-26(29)24-21-13-7-8-14-23(21)28-25-20-12-6-5-11-19(20)15-16-22(24)25/h2-14,17H,15-16H2,1H3,(H,27,29). The maximum Gasteiger partial charge on any atom is 0.252 e. The van der Waals surface area contributed by atoms with E-state index in [1.807, 2.05) is 67.6 Å². The molecule has 1 heterocycles. The van der Waals surface area contributed by atoms with Crippen molar-refractivity contribution in [2.75, 3.05) is 0 Å². The van der Waals surface area contributed by atoms with E-state index in [4.69, 9.17) is 4.98 Å². The van der Waals surface area contributed by atoms with Crippen LogP contribution >= 0.6 is 0 Å². The van der Waals surface area contributed by atoms with Crippen LogP contribution in [0.25, 0.3) is 22.2 Å². The monoisotopic (exact) mass is 378 g/mol. The number of aromatic nitrogens is 1. The minimum atomic E-state index is -0.0674. The first-order valence-electron chi connectivity index (χ1n) is 10.1. The molecule has 1 aliphatic rings. The van der Waals surface area contributed by atoms with Crippen molar-refractivity contribution in [1.82, 2.24) is 10.3 Å². The van der Waals surface area contributed by atoms with Gasteiger partial charge in [0.15, 0.2) is 0 Å². The second kappa shape index (κ2) is 7.17. The average molecular weight is 378 g/mol. The van der Waals surface area contributed by atoms with E-state index in [0.717, 1.165) is 51.7 Å². The number of nitrogens with one attached hydrogen (secondary N) is 1. The van der Waals surface area contributed by atoms with Gasteiger partial charge in [-0.25, -0.2) is 4.98 Å². The van der Waals surface area contributed by atoms with Crippen molar-refractivity contribution >= 4 is 16.8 Å². The Morgan fingerprint density at radius 3 is 2.48 bits per heavy atom. The molecule has 3 aromatic carbocycles. The molecule has 5 rings (SSSR count). The lowest BCUT2D eigenvalue weighted by Gasteiger charge is -2.24. The maximum atomic E-state index is 13.5. The molecule has 0 spiro atoms. The van der Waals surface area contributed by atoms with E-state index in [0.29, 0.717) is 0 Å². The average Bonchev–Trinajstić information content (AvgIpc) is 2.77. The van der Waals surface area contributed by atoms with E-state index in [1.165, 1.54) is 5.56 Å². The van der Waals surface area contributed by atoms with E-state index < -0.39 is 0 Å². The molecule has 0 saturated carbocycles. The highest BCUT2D eigenvalue weighted by atomic mass is 16.1. The van der Waals surface area contributed by atoms with E-state index >= 15 is 0 Å². The number of carbonyl (C=O) groups excluding carboxylic acids is 1. The van der Waals surface area contributed by atoms with Crippen LogP contribution in [0.3, 0.4) is 0 Å². The first-order valence-corrected chi connectivity index (χ1v) is 10.1. The van der Waals surface area contributed by atoms with Gasteiger partial charge in [0.1, 0.15) is 0 Å². The SMILES string of the molecule is CC(NC(=O)c1c2c(nc3ccccc13)-c1ccccc1CC2)c1ccccc1. The molecule has 0 bridgehead atoms. The molecule has 3 nitrogen and oxygen atoms in total. The van der Waals surface area contributed by atoms with Gasteiger partial charge in [-0.05, 0) is 42.5 Å². The minimum absolute atomic E-state index is 0.0319. The number of aryl methyl sites for hydroxylation is 1. The van der Waals surface area contributed by atoms with Crippen molar-refractivity contribution in [3.8, 4) is 11.3 Å². The Morgan fingerprint density at radius 1 is 0.897 bits per heavy atom. The van der Waals surface area contributed by atoms with Crippen LogP contribution in [-0.4, -0.2) is 10.9 Å². The smallest absolute Gasteiger partial charge is 0.252 e. The molecule has 0 aliphatic heterocycles. The van der Waals surface area contributed by atoms with Crippen molar-refractivity contribution in [3.05, 3.63) is 101 Å². The van der Waals surface area contributed by atoms with Gasteiger partial charge in [0.25, 0.3) is 5.91 Å². The second-order valence-corrected chi connectivity index (χ2v) is 7.59. The van der Waals surface area contributed by atoms with Crippen LogP contribution in [0.4, 0.5) is 0 Å². The summed E-state index contributed by atoms with van der Waals surface area (Å²) in [5, 5.41) is 4.13. The van der Waals surface area contributed by atoms with Crippen LogP contribution < -0.4 is 5.32 Å². The zero-order valence-corrected chi connectivity index (χ0v) is 16.4. The first kappa shape index (κ1) is 17.6. The molecule has 29 heavy (non-hydrogen) atoms. The minimum Gasteiger partial charge on any atom is -0.345 e. The fourth-order valence-electron chi connectivity index (χ4n) is 4.30. The van der Waals surface area contributed by atoms with Gasteiger partial charge in [-0.1, -0.05) is 72.8 Å². The zero-order valence-electron chi connectivity index (χ0n) is 16.4. The first-order chi connectivity index (χ1) is 14.2. The summed E-state index contributed by atoms with van der Waals surface area (Å²) in [6.45, 7) is 2.03. The number of hydrogen-bond acceptors (Lipinski definition) is 2. The summed E-state index contributed by atoms with van der Waals surface area (Å²) in [7, 11) is 0. The van der Waals surface area contributed by atoms with Gasteiger partial charge in [-0.15, -0.1) is 0 Å². The van der Waals surface area contributed by atoms with Gasteiger partial charge in [0.05, 0.1) is 22.8 Å². The lowest BCUT2D eigenvalue weighted by Crippen LogP contribution is -2.28.